The molecule has 0 saturated heterocycles. The molecule has 2 rings (SSSR count). The van der Waals surface area contributed by atoms with Gasteiger partial charge in [-0.2, -0.15) is 0 Å². The van der Waals surface area contributed by atoms with Gasteiger partial charge in [-0.15, -0.1) is 0 Å². The monoisotopic (exact) mass is 354 g/mol. The molecule has 1 aromatic heterocycles. The number of nitrogens with zero attached hydrogens (tertiary/aromatic N) is 1. The van der Waals surface area contributed by atoms with Crippen LogP contribution in [0.1, 0.15) is 16.8 Å². The van der Waals surface area contributed by atoms with Crippen LogP contribution < -0.4 is 15.2 Å². The first-order valence-electron chi connectivity index (χ1n) is 6.30. The number of aromatic nitrogens is 1. The lowest BCUT2D eigenvalue weighted by Gasteiger charge is -2.14. The fourth-order valence-corrected chi connectivity index (χ4v) is 2.39. The number of halogens is 2. The molecule has 0 aliphatic carbocycles. The topological polar surface area (TPSA) is 57.4 Å². The fraction of sp³-hybridized carbons (Fsp3) is 0.267. The van der Waals surface area contributed by atoms with Crippen LogP contribution in [0.2, 0.25) is 0 Å². The molecule has 0 amide bonds. The highest BCUT2D eigenvalue weighted by Crippen LogP contribution is 2.30. The van der Waals surface area contributed by atoms with E-state index in [2.05, 4.69) is 20.9 Å². The summed E-state index contributed by atoms with van der Waals surface area (Å²) >= 11 is 3.08. The molecule has 112 valence electrons. The van der Waals surface area contributed by atoms with E-state index >= 15 is 0 Å². The Bertz CT molecular complexity index is 677. The molecule has 0 spiro atoms. The van der Waals surface area contributed by atoms with Crippen LogP contribution in [0.5, 0.6) is 11.5 Å². The lowest BCUT2D eigenvalue weighted by atomic mass is 10.1. The van der Waals surface area contributed by atoms with Crippen LogP contribution in [-0.2, 0) is 6.61 Å². The third-order valence-electron chi connectivity index (χ3n) is 3.17. The Morgan fingerprint density at radius 1 is 1.33 bits per heavy atom. The van der Waals surface area contributed by atoms with Crippen molar-refractivity contribution < 1.29 is 13.9 Å². The minimum Gasteiger partial charge on any atom is -0.496 e. The molecule has 21 heavy (non-hydrogen) atoms. The van der Waals surface area contributed by atoms with Gasteiger partial charge in [0, 0.05) is 23.4 Å². The van der Waals surface area contributed by atoms with Crippen LogP contribution in [0, 0.1) is 19.7 Å². The van der Waals surface area contributed by atoms with Crippen molar-refractivity contribution in [3.05, 3.63) is 45.4 Å². The van der Waals surface area contributed by atoms with Crippen LogP contribution in [0.25, 0.3) is 0 Å². The molecule has 0 aliphatic heterocycles. The van der Waals surface area contributed by atoms with Gasteiger partial charge in [-0.05, 0) is 35.8 Å². The number of aryl methyl sites for hydroxylation is 1. The summed E-state index contributed by atoms with van der Waals surface area (Å²) in [5, 5.41) is 0. The summed E-state index contributed by atoms with van der Waals surface area (Å²) in [5.41, 5.74) is 8.74. The Labute approximate surface area is 131 Å². The number of nitrogen functional groups attached to an aromatic ring is 1. The summed E-state index contributed by atoms with van der Waals surface area (Å²) in [6.07, 6.45) is 1.72. The fourth-order valence-electron chi connectivity index (χ4n) is 2.03. The van der Waals surface area contributed by atoms with Gasteiger partial charge in [0.1, 0.15) is 23.9 Å². The number of anilines is 1. The molecule has 0 atom stereocenters. The minimum absolute atomic E-state index is 0.188. The number of ether oxygens (including phenoxy) is 2. The Balaban J connectivity index is 2.23. The molecule has 0 aliphatic rings. The second kappa shape index (κ2) is 6.30. The van der Waals surface area contributed by atoms with Crippen molar-refractivity contribution in [1.82, 2.24) is 4.98 Å². The molecule has 1 heterocycles. The van der Waals surface area contributed by atoms with E-state index in [9.17, 15) is 4.39 Å². The predicted octanol–water partition coefficient (Wildman–Crippen LogP) is 3.77. The summed E-state index contributed by atoms with van der Waals surface area (Å²) < 4.78 is 24.7. The Hall–Kier alpha value is -1.82. The van der Waals surface area contributed by atoms with E-state index in [-0.39, 0.29) is 12.4 Å². The summed E-state index contributed by atoms with van der Waals surface area (Å²) in [6, 6.07) is 2.72. The normalized spacial score (nSPS) is 10.5. The van der Waals surface area contributed by atoms with Gasteiger partial charge in [-0.25, -0.2) is 4.39 Å². The van der Waals surface area contributed by atoms with E-state index in [4.69, 9.17) is 15.2 Å². The quantitative estimate of drug-likeness (QED) is 0.849. The molecular formula is C15H16BrFN2O2. The zero-order valence-corrected chi connectivity index (χ0v) is 13.6. The molecule has 0 unspecified atom stereocenters. The molecule has 6 heteroatoms. The Morgan fingerprint density at radius 2 is 2.05 bits per heavy atom. The van der Waals surface area contributed by atoms with Crippen LogP contribution in [0.3, 0.4) is 0 Å². The molecule has 2 aromatic rings. The summed E-state index contributed by atoms with van der Waals surface area (Å²) in [4.78, 5) is 4.32. The molecule has 4 nitrogen and oxygen atoms in total. The zero-order valence-electron chi connectivity index (χ0n) is 12.0. The number of methoxy groups -OCH3 is 1. The lowest BCUT2D eigenvalue weighted by Crippen LogP contribution is -2.05. The van der Waals surface area contributed by atoms with Gasteiger partial charge in [0.2, 0.25) is 0 Å². The van der Waals surface area contributed by atoms with Gasteiger partial charge in [0.25, 0.3) is 0 Å². The minimum atomic E-state index is -0.426. The van der Waals surface area contributed by atoms with E-state index in [1.54, 1.807) is 13.3 Å². The highest BCUT2D eigenvalue weighted by molar-refractivity contribution is 9.10. The molecule has 2 N–H and O–H groups in total. The van der Waals surface area contributed by atoms with Gasteiger partial charge >= 0.3 is 0 Å². The summed E-state index contributed by atoms with van der Waals surface area (Å²) in [6.45, 7) is 4.02. The smallest absolute Gasteiger partial charge is 0.145 e. The first kappa shape index (κ1) is 15.6. The van der Waals surface area contributed by atoms with Gasteiger partial charge in [0.05, 0.1) is 23.0 Å². The maximum absolute atomic E-state index is 13.5. The van der Waals surface area contributed by atoms with E-state index in [0.717, 1.165) is 22.6 Å². The van der Waals surface area contributed by atoms with E-state index in [1.165, 1.54) is 12.1 Å². The van der Waals surface area contributed by atoms with Crippen molar-refractivity contribution in [2.75, 3.05) is 12.8 Å². The van der Waals surface area contributed by atoms with E-state index in [1.807, 2.05) is 13.8 Å². The number of nitrogens with two attached hydrogens (primary N) is 1. The van der Waals surface area contributed by atoms with Crippen molar-refractivity contribution in [2.45, 2.75) is 20.5 Å². The Morgan fingerprint density at radius 3 is 2.71 bits per heavy atom. The third kappa shape index (κ3) is 3.26. The van der Waals surface area contributed by atoms with E-state index < -0.39 is 5.82 Å². The first-order chi connectivity index (χ1) is 9.93. The molecular weight excluding hydrogens is 339 g/mol. The summed E-state index contributed by atoms with van der Waals surface area (Å²) in [5.74, 6) is 0.639. The van der Waals surface area contributed by atoms with Gasteiger partial charge < -0.3 is 15.2 Å². The molecule has 0 bridgehead atoms. The van der Waals surface area contributed by atoms with Crippen LogP contribution in [0.4, 0.5) is 10.1 Å². The van der Waals surface area contributed by atoms with Gasteiger partial charge in [-0.1, -0.05) is 0 Å². The second-order valence-electron chi connectivity index (χ2n) is 4.64. The highest BCUT2D eigenvalue weighted by Gasteiger charge is 2.12. The highest BCUT2D eigenvalue weighted by atomic mass is 79.9. The number of hydrogen-bond acceptors (Lipinski definition) is 4. The van der Waals surface area contributed by atoms with Crippen molar-refractivity contribution in [3.63, 3.8) is 0 Å². The average molecular weight is 355 g/mol. The van der Waals surface area contributed by atoms with Gasteiger partial charge in [-0.3, -0.25) is 4.98 Å². The number of benzene rings is 1. The summed E-state index contributed by atoms with van der Waals surface area (Å²) in [7, 11) is 1.61. The van der Waals surface area contributed by atoms with Crippen LogP contribution >= 0.6 is 15.9 Å². The molecule has 0 radical (unpaired) electrons. The number of rotatable bonds is 4. The molecule has 0 fully saturated rings. The zero-order chi connectivity index (χ0) is 15.6. The first-order valence-corrected chi connectivity index (χ1v) is 7.09. The van der Waals surface area contributed by atoms with E-state index in [0.29, 0.717) is 10.2 Å². The van der Waals surface area contributed by atoms with Crippen molar-refractivity contribution in [1.29, 1.82) is 0 Å². The number of pyridine rings is 1. The van der Waals surface area contributed by atoms with Gasteiger partial charge in [0.15, 0.2) is 0 Å². The molecule has 0 saturated carbocycles. The maximum Gasteiger partial charge on any atom is 0.145 e. The number of hydrogen-bond donors (Lipinski definition) is 1. The lowest BCUT2D eigenvalue weighted by molar-refractivity contribution is 0.299. The Kier molecular flexibility index (Phi) is 4.67. The molecule has 1 aromatic carbocycles. The van der Waals surface area contributed by atoms with Crippen LogP contribution in [-0.4, -0.2) is 12.1 Å². The maximum atomic E-state index is 13.5. The van der Waals surface area contributed by atoms with Crippen molar-refractivity contribution >= 4 is 21.6 Å². The van der Waals surface area contributed by atoms with Crippen molar-refractivity contribution in [2.24, 2.45) is 0 Å². The predicted molar refractivity (Wildman–Crippen MR) is 83.1 cm³/mol. The second-order valence-corrected chi connectivity index (χ2v) is 5.49. The van der Waals surface area contributed by atoms with Crippen molar-refractivity contribution in [3.8, 4) is 11.5 Å². The third-order valence-corrected chi connectivity index (χ3v) is 3.77. The standard InChI is InChI=1S/C15H16BrFN2O2/c1-8-6-19-13(9(2)15(8)20-3)7-21-14-5-11(17)10(16)4-12(14)18/h4-6H,7,18H2,1-3H3. The SMILES string of the molecule is COc1c(C)cnc(COc2cc(F)c(Br)cc2N)c1C. The largest absolute Gasteiger partial charge is 0.496 e. The average Bonchev–Trinajstić information content (AvgIpc) is 2.43. The van der Waals surface area contributed by atoms with Crippen LogP contribution in [0.15, 0.2) is 22.8 Å².